The van der Waals surface area contributed by atoms with E-state index in [2.05, 4.69) is 10.1 Å². The molecule has 0 aromatic heterocycles. The van der Waals surface area contributed by atoms with Gasteiger partial charge in [0, 0.05) is 13.1 Å². The molecule has 1 fully saturated rings. The van der Waals surface area contributed by atoms with Crippen LogP contribution in [0.2, 0.25) is 0 Å². The average Bonchev–Trinajstić information content (AvgIpc) is 2.46. The lowest BCUT2D eigenvalue weighted by molar-refractivity contribution is 0.0272. The summed E-state index contributed by atoms with van der Waals surface area (Å²) in [6, 6.07) is 7.00. The first-order valence-corrected chi connectivity index (χ1v) is 8.19. The molecule has 1 aromatic carbocycles. The fourth-order valence-electron chi connectivity index (χ4n) is 1.98. The van der Waals surface area contributed by atoms with Gasteiger partial charge in [0.15, 0.2) is 0 Å². The fourth-order valence-corrected chi connectivity index (χ4v) is 3.10. The Labute approximate surface area is 120 Å². The van der Waals surface area contributed by atoms with Crippen LogP contribution in [0.4, 0.5) is 0 Å². The summed E-state index contributed by atoms with van der Waals surface area (Å²) in [5.41, 5.74) is 1.12. The monoisotopic (exact) mass is 299 g/mol. The molecule has 0 spiro atoms. The molecule has 0 atom stereocenters. The van der Waals surface area contributed by atoms with Crippen LogP contribution in [0.25, 0.3) is 0 Å². The van der Waals surface area contributed by atoms with Crippen molar-refractivity contribution >= 4 is 10.0 Å². The molecule has 0 unspecified atom stereocenters. The summed E-state index contributed by atoms with van der Waals surface area (Å²) >= 11 is 0. The van der Waals surface area contributed by atoms with E-state index < -0.39 is 10.0 Å². The Morgan fingerprint density at radius 3 is 2.45 bits per heavy atom. The first-order valence-electron chi connectivity index (χ1n) is 6.70. The molecule has 20 heavy (non-hydrogen) atoms. The van der Waals surface area contributed by atoms with Gasteiger partial charge in [-0.2, -0.15) is 0 Å². The summed E-state index contributed by atoms with van der Waals surface area (Å²) in [5.74, 6) is 0. The Hall–Kier alpha value is -0.990. The van der Waals surface area contributed by atoms with Crippen molar-refractivity contribution in [2.24, 2.45) is 0 Å². The average molecular weight is 299 g/mol. The molecule has 0 aliphatic carbocycles. The first kappa shape index (κ1) is 15.4. The number of benzene rings is 1. The number of sulfonamides is 1. The lowest BCUT2D eigenvalue weighted by atomic mass is 10.1. The van der Waals surface area contributed by atoms with E-state index in [-0.39, 0.29) is 4.90 Å². The number of nitrogens with one attached hydrogen (secondary N) is 2. The van der Waals surface area contributed by atoms with Gasteiger partial charge < -0.3 is 10.1 Å². The molecule has 0 saturated carbocycles. The van der Waals surface area contributed by atoms with E-state index in [4.69, 9.17) is 4.74 Å². The van der Waals surface area contributed by atoms with Gasteiger partial charge in [-0.25, -0.2) is 13.4 Å². The predicted octanol–water partition coefficient (Wildman–Crippen LogP) is -0.0260. The number of ether oxygens (including phenoxy) is 1. The molecule has 2 rings (SSSR count). The van der Waals surface area contributed by atoms with Crippen molar-refractivity contribution < 1.29 is 13.2 Å². The van der Waals surface area contributed by atoms with Crippen molar-refractivity contribution in [3.8, 4) is 0 Å². The maximum absolute atomic E-state index is 12.2. The summed E-state index contributed by atoms with van der Waals surface area (Å²) in [5, 5.41) is 4.74. The molecule has 1 saturated heterocycles. The zero-order valence-electron chi connectivity index (χ0n) is 11.6. The summed E-state index contributed by atoms with van der Waals surface area (Å²) < 4.78 is 29.6. The molecule has 0 bridgehead atoms. The van der Waals surface area contributed by atoms with E-state index in [1.807, 2.05) is 19.2 Å². The van der Waals surface area contributed by atoms with Crippen LogP contribution in [0.15, 0.2) is 29.2 Å². The number of likely N-dealkylation sites (N-methyl/N-ethyl adjacent to an activating group) is 1. The minimum absolute atomic E-state index is 0.289. The van der Waals surface area contributed by atoms with Gasteiger partial charge in [0.05, 0.1) is 18.1 Å². The molecule has 2 N–H and O–H groups in total. The minimum Gasteiger partial charge on any atom is -0.379 e. The third kappa shape index (κ3) is 4.26. The first-order chi connectivity index (χ1) is 9.62. The Bertz CT molecular complexity index is 510. The van der Waals surface area contributed by atoms with Gasteiger partial charge in [0.25, 0.3) is 10.0 Å². The molecular formula is C13H21N3O3S. The third-order valence-electron chi connectivity index (χ3n) is 3.16. The van der Waals surface area contributed by atoms with Crippen LogP contribution in [0.1, 0.15) is 5.56 Å². The van der Waals surface area contributed by atoms with Gasteiger partial charge in [0.1, 0.15) is 0 Å². The van der Waals surface area contributed by atoms with Crippen molar-refractivity contribution in [3.05, 3.63) is 29.8 Å². The van der Waals surface area contributed by atoms with Crippen molar-refractivity contribution in [1.29, 1.82) is 0 Å². The molecule has 0 amide bonds. The number of hydrazine groups is 1. The quantitative estimate of drug-likeness (QED) is 0.772. The number of morpholine rings is 1. The van der Waals surface area contributed by atoms with Crippen LogP contribution in [-0.4, -0.2) is 53.3 Å². The van der Waals surface area contributed by atoms with E-state index in [1.165, 1.54) is 0 Å². The molecule has 1 aliphatic heterocycles. The highest BCUT2D eigenvalue weighted by molar-refractivity contribution is 7.89. The normalized spacial score (nSPS) is 17.2. The smallest absolute Gasteiger partial charge is 0.253 e. The van der Waals surface area contributed by atoms with Crippen LogP contribution >= 0.6 is 0 Å². The zero-order valence-corrected chi connectivity index (χ0v) is 12.4. The van der Waals surface area contributed by atoms with E-state index in [0.29, 0.717) is 26.3 Å². The zero-order chi connectivity index (χ0) is 14.4. The van der Waals surface area contributed by atoms with Gasteiger partial charge in [0.2, 0.25) is 0 Å². The standard InChI is InChI=1S/C13H21N3O3S/c1-14-7-6-12-2-4-13(5-3-12)20(17,18)15-16-8-10-19-11-9-16/h2-5,14-15H,6-11H2,1H3. The maximum Gasteiger partial charge on any atom is 0.253 e. The third-order valence-corrected chi connectivity index (χ3v) is 4.55. The van der Waals surface area contributed by atoms with Gasteiger partial charge >= 0.3 is 0 Å². The van der Waals surface area contributed by atoms with Crippen molar-refractivity contribution in [2.75, 3.05) is 39.9 Å². The van der Waals surface area contributed by atoms with Crippen LogP contribution in [0.5, 0.6) is 0 Å². The molecule has 1 aliphatic rings. The van der Waals surface area contributed by atoms with E-state index in [0.717, 1.165) is 18.5 Å². The van der Waals surface area contributed by atoms with Crippen LogP contribution < -0.4 is 10.1 Å². The van der Waals surface area contributed by atoms with Gasteiger partial charge in [-0.3, -0.25) is 0 Å². The van der Waals surface area contributed by atoms with Gasteiger partial charge in [-0.1, -0.05) is 12.1 Å². The molecule has 112 valence electrons. The topological polar surface area (TPSA) is 70.7 Å². The van der Waals surface area contributed by atoms with Gasteiger partial charge in [-0.15, -0.1) is 4.83 Å². The van der Waals surface area contributed by atoms with E-state index in [1.54, 1.807) is 17.1 Å². The maximum atomic E-state index is 12.2. The van der Waals surface area contributed by atoms with Crippen molar-refractivity contribution in [2.45, 2.75) is 11.3 Å². The molecule has 0 radical (unpaired) electrons. The van der Waals surface area contributed by atoms with Crippen molar-refractivity contribution in [3.63, 3.8) is 0 Å². The van der Waals surface area contributed by atoms with Crippen LogP contribution in [0, 0.1) is 0 Å². The molecular weight excluding hydrogens is 278 g/mol. The highest BCUT2D eigenvalue weighted by atomic mass is 32.2. The Kier molecular flexibility index (Phi) is 5.50. The van der Waals surface area contributed by atoms with E-state index in [9.17, 15) is 8.42 Å². The summed E-state index contributed by atoms with van der Waals surface area (Å²) in [4.78, 5) is 2.88. The molecule has 7 heteroatoms. The summed E-state index contributed by atoms with van der Waals surface area (Å²) in [6.07, 6.45) is 0.883. The number of nitrogens with zero attached hydrogens (tertiary/aromatic N) is 1. The summed E-state index contributed by atoms with van der Waals surface area (Å²) in [7, 11) is -1.60. The predicted molar refractivity (Wildman–Crippen MR) is 76.8 cm³/mol. The Morgan fingerprint density at radius 1 is 1.20 bits per heavy atom. The fraction of sp³-hybridized carbons (Fsp3) is 0.538. The minimum atomic E-state index is -3.49. The van der Waals surface area contributed by atoms with Crippen molar-refractivity contribution in [1.82, 2.24) is 15.2 Å². The van der Waals surface area contributed by atoms with Crippen LogP contribution in [0.3, 0.4) is 0 Å². The Balaban J connectivity index is 2.01. The lowest BCUT2D eigenvalue weighted by Crippen LogP contribution is -2.48. The molecule has 1 aromatic rings. The highest BCUT2D eigenvalue weighted by Crippen LogP contribution is 2.11. The summed E-state index contributed by atoms with van der Waals surface area (Å²) in [6.45, 7) is 3.11. The Morgan fingerprint density at radius 2 is 1.85 bits per heavy atom. The molecule has 1 heterocycles. The van der Waals surface area contributed by atoms with Gasteiger partial charge in [-0.05, 0) is 37.7 Å². The largest absolute Gasteiger partial charge is 0.379 e. The van der Waals surface area contributed by atoms with Crippen LogP contribution in [-0.2, 0) is 21.2 Å². The second-order valence-electron chi connectivity index (χ2n) is 4.69. The second-order valence-corrected chi connectivity index (χ2v) is 6.35. The second kappa shape index (κ2) is 7.14. The molecule has 6 nitrogen and oxygen atoms in total. The lowest BCUT2D eigenvalue weighted by Gasteiger charge is -2.26. The number of hydrogen-bond acceptors (Lipinski definition) is 5. The van der Waals surface area contributed by atoms with E-state index >= 15 is 0 Å². The number of rotatable bonds is 6. The highest BCUT2D eigenvalue weighted by Gasteiger charge is 2.19. The number of hydrogen-bond donors (Lipinski definition) is 2. The SMILES string of the molecule is CNCCc1ccc(S(=O)(=O)NN2CCOCC2)cc1.